The van der Waals surface area contributed by atoms with E-state index in [9.17, 15) is 19.0 Å². The second-order valence-electron chi connectivity index (χ2n) is 10.1. The van der Waals surface area contributed by atoms with Gasteiger partial charge in [0.2, 0.25) is 0 Å². The summed E-state index contributed by atoms with van der Waals surface area (Å²) in [6.07, 6.45) is 4.98. The molecule has 4 rings (SSSR count). The molecule has 0 unspecified atom stereocenters. The number of hydrogen-bond donors (Lipinski definition) is 6. The first-order valence-corrected chi connectivity index (χ1v) is 15.6. The van der Waals surface area contributed by atoms with Crippen molar-refractivity contribution in [3.8, 4) is 0 Å². The van der Waals surface area contributed by atoms with Crippen molar-refractivity contribution in [1.82, 2.24) is 20.4 Å². The van der Waals surface area contributed by atoms with Crippen LogP contribution in [0.2, 0.25) is 0 Å². The van der Waals surface area contributed by atoms with E-state index in [4.69, 9.17) is 0 Å². The highest BCUT2D eigenvalue weighted by atomic mass is 32.3. The van der Waals surface area contributed by atoms with Crippen molar-refractivity contribution >= 4 is 28.1 Å². The van der Waals surface area contributed by atoms with Gasteiger partial charge in [0, 0.05) is 55.7 Å². The molecule has 11 heteroatoms. The Morgan fingerprint density at radius 1 is 1.10 bits per heavy atom. The molecule has 1 aliphatic heterocycles. The number of nitrogens with zero attached hydrogens (tertiary/aromatic N) is 3. The Hall–Kier alpha value is -3.09. The van der Waals surface area contributed by atoms with Gasteiger partial charge in [-0.05, 0) is 56.9 Å². The van der Waals surface area contributed by atoms with Gasteiger partial charge in [-0.2, -0.15) is 5.10 Å². The molecule has 6 N–H and O–H groups in total. The summed E-state index contributed by atoms with van der Waals surface area (Å²) < 4.78 is 24.9. The Morgan fingerprint density at radius 2 is 1.90 bits per heavy atom. The first-order chi connectivity index (χ1) is 19.3. The van der Waals surface area contributed by atoms with E-state index in [0.29, 0.717) is 43.1 Å². The summed E-state index contributed by atoms with van der Waals surface area (Å²) in [5.74, 6) is -0.0175. The lowest BCUT2D eigenvalue weighted by Gasteiger charge is -2.47. The lowest BCUT2D eigenvalue weighted by atomic mass is 10.00. The van der Waals surface area contributed by atoms with Crippen LogP contribution in [0.15, 0.2) is 60.9 Å². The van der Waals surface area contributed by atoms with Crippen LogP contribution in [0, 0.1) is 0 Å². The normalized spacial score (nSPS) is 17.2. The molecule has 2 heterocycles. The standard InChI is InChI=1S/C29H42N6O4S/c1-3-31-25-15-24(16-26(17-25)35-12-8-9-13-40(35,38)39)29(37)33-27(14-22-10-6-5-7-11-22)28(36)20-30-18-23-19-32-34(4-2)21-23/h5-7,10-11,15-17,19,21,27-28,30-31,36,38-39H,3-4,8-9,12-14,18,20H2,1-2H3,(H,33,37)/t27-,28-/m0/s1. The number of anilines is 2. The molecule has 10 nitrogen and oxygen atoms in total. The van der Waals surface area contributed by atoms with Gasteiger partial charge in [-0.25, -0.2) is 0 Å². The molecule has 0 saturated carbocycles. The monoisotopic (exact) mass is 570 g/mol. The Balaban J connectivity index is 1.52. The third-order valence-electron chi connectivity index (χ3n) is 7.00. The van der Waals surface area contributed by atoms with E-state index in [1.807, 2.05) is 61.1 Å². The van der Waals surface area contributed by atoms with Gasteiger partial charge >= 0.3 is 0 Å². The van der Waals surface area contributed by atoms with Crippen LogP contribution in [0.3, 0.4) is 0 Å². The van der Waals surface area contributed by atoms with E-state index in [-0.39, 0.29) is 12.5 Å². The first kappa shape index (κ1) is 29.9. The van der Waals surface area contributed by atoms with Crippen LogP contribution in [0.25, 0.3) is 0 Å². The van der Waals surface area contributed by atoms with Crippen LogP contribution < -0.4 is 20.3 Å². The molecule has 1 amide bonds. The number of nitrogens with one attached hydrogen (secondary N) is 3. The lowest BCUT2D eigenvalue weighted by molar-refractivity contribution is 0.0830. The average molecular weight is 571 g/mol. The van der Waals surface area contributed by atoms with Gasteiger partial charge in [0.1, 0.15) is 0 Å². The molecule has 0 radical (unpaired) electrons. The van der Waals surface area contributed by atoms with E-state index < -0.39 is 22.9 Å². The molecule has 3 aromatic rings. The van der Waals surface area contributed by atoms with Gasteiger partial charge in [-0.1, -0.05) is 30.3 Å². The molecule has 218 valence electrons. The predicted octanol–water partition coefficient (Wildman–Crippen LogP) is 4.09. The maximum absolute atomic E-state index is 13.6. The topological polar surface area (TPSA) is 135 Å². The smallest absolute Gasteiger partial charge is 0.251 e. The summed E-state index contributed by atoms with van der Waals surface area (Å²) in [6, 6.07) is 14.5. The molecule has 1 aliphatic rings. The molecule has 40 heavy (non-hydrogen) atoms. The van der Waals surface area contributed by atoms with Crippen molar-refractivity contribution in [3.63, 3.8) is 0 Å². The number of carbonyl (C=O) groups excluding carboxylic acids is 1. The Kier molecular flexibility index (Phi) is 10.5. The number of rotatable bonds is 13. The summed E-state index contributed by atoms with van der Waals surface area (Å²) in [7, 11) is -2.94. The second kappa shape index (κ2) is 14.0. The Labute approximate surface area is 238 Å². The molecule has 2 atom stereocenters. The summed E-state index contributed by atoms with van der Waals surface area (Å²) in [6.45, 7) is 6.79. The number of amides is 1. The number of benzene rings is 2. The molecule has 1 aromatic heterocycles. The fourth-order valence-corrected chi connectivity index (χ4v) is 6.55. The summed E-state index contributed by atoms with van der Waals surface area (Å²) in [5.41, 5.74) is 3.73. The second-order valence-corrected chi connectivity index (χ2v) is 12.2. The summed E-state index contributed by atoms with van der Waals surface area (Å²) in [5, 5.41) is 25.0. The van der Waals surface area contributed by atoms with Crippen LogP contribution in [0.5, 0.6) is 0 Å². The molecule has 1 fully saturated rings. The number of aliphatic hydroxyl groups is 1. The van der Waals surface area contributed by atoms with Gasteiger partial charge in [0.15, 0.2) is 0 Å². The molecule has 0 spiro atoms. The highest BCUT2D eigenvalue weighted by Gasteiger charge is 2.28. The summed E-state index contributed by atoms with van der Waals surface area (Å²) >= 11 is 0. The van der Waals surface area contributed by atoms with Gasteiger partial charge in [-0.15, -0.1) is 10.8 Å². The van der Waals surface area contributed by atoms with E-state index >= 15 is 0 Å². The maximum Gasteiger partial charge on any atom is 0.251 e. The van der Waals surface area contributed by atoms with Crippen LogP contribution in [0.1, 0.15) is 48.2 Å². The van der Waals surface area contributed by atoms with Gasteiger partial charge in [-0.3, -0.25) is 22.9 Å². The van der Waals surface area contributed by atoms with Gasteiger partial charge in [0.05, 0.1) is 29.8 Å². The quantitative estimate of drug-likeness (QED) is 0.181. The minimum absolute atomic E-state index is 0.284. The Morgan fingerprint density at radius 3 is 2.60 bits per heavy atom. The number of carbonyl (C=O) groups is 1. The molecule has 2 aromatic carbocycles. The van der Waals surface area contributed by atoms with Gasteiger partial charge < -0.3 is 21.1 Å². The number of aryl methyl sites for hydroxylation is 1. The highest BCUT2D eigenvalue weighted by Crippen LogP contribution is 2.50. The Bertz CT molecular complexity index is 1240. The third-order valence-corrected chi connectivity index (χ3v) is 8.94. The molecule has 0 bridgehead atoms. The van der Waals surface area contributed by atoms with Crippen LogP contribution >= 0.6 is 10.8 Å². The largest absolute Gasteiger partial charge is 0.390 e. The predicted molar refractivity (Wildman–Crippen MR) is 162 cm³/mol. The summed E-state index contributed by atoms with van der Waals surface area (Å²) in [4.78, 5) is 13.6. The number of aliphatic hydroxyl groups excluding tert-OH is 1. The van der Waals surface area contributed by atoms with Crippen LogP contribution in [-0.4, -0.2) is 67.4 Å². The fraction of sp³-hybridized carbons (Fsp3) is 0.448. The molecule has 1 saturated heterocycles. The molecule has 0 aliphatic carbocycles. The zero-order chi connectivity index (χ0) is 28.5. The van der Waals surface area contributed by atoms with E-state index in [2.05, 4.69) is 21.0 Å². The first-order valence-electron chi connectivity index (χ1n) is 14.0. The fourth-order valence-electron chi connectivity index (χ4n) is 4.88. The zero-order valence-electron chi connectivity index (χ0n) is 23.3. The molecular weight excluding hydrogens is 528 g/mol. The minimum atomic E-state index is -2.94. The van der Waals surface area contributed by atoms with Crippen molar-refractivity contribution in [1.29, 1.82) is 0 Å². The average Bonchev–Trinajstić information content (AvgIpc) is 3.41. The molecular formula is C29H42N6O4S. The van der Waals surface area contributed by atoms with Crippen molar-refractivity contribution in [2.45, 2.75) is 58.3 Å². The lowest BCUT2D eigenvalue weighted by Crippen LogP contribution is -2.48. The van der Waals surface area contributed by atoms with Gasteiger partial charge in [0.25, 0.3) is 5.91 Å². The number of hydrogen-bond acceptors (Lipinski definition) is 8. The minimum Gasteiger partial charge on any atom is -0.390 e. The maximum atomic E-state index is 13.6. The van der Waals surface area contributed by atoms with Crippen molar-refractivity contribution in [3.05, 3.63) is 77.6 Å². The van der Waals surface area contributed by atoms with Crippen LogP contribution in [-0.2, 0) is 19.5 Å². The number of aromatic nitrogens is 2. The third kappa shape index (κ3) is 7.98. The SMILES string of the molecule is CCNc1cc(C(=O)N[C@@H](Cc2ccccc2)[C@@H](O)CNCc2cnn(CC)c2)cc(N2CCCCS2(O)O)c1. The van der Waals surface area contributed by atoms with E-state index in [1.54, 1.807) is 22.6 Å². The van der Waals surface area contributed by atoms with Crippen molar-refractivity contribution < 1.29 is 19.0 Å². The van der Waals surface area contributed by atoms with E-state index in [1.165, 1.54) is 0 Å². The van der Waals surface area contributed by atoms with E-state index in [0.717, 1.165) is 36.2 Å². The van der Waals surface area contributed by atoms with Crippen LogP contribution in [0.4, 0.5) is 11.4 Å². The zero-order valence-corrected chi connectivity index (χ0v) is 24.1. The van der Waals surface area contributed by atoms with Crippen molar-refractivity contribution in [2.24, 2.45) is 0 Å². The highest BCUT2D eigenvalue weighted by molar-refractivity contribution is 8.25. The van der Waals surface area contributed by atoms with Crippen molar-refractivity contribution in [2.75, 3.05) is 35.0 Å².